The molecule has 11 aromatic heterocycles. The van der Waals surface area contributed by atoms with Gasteiger partial charge >= 0.3 is 0 Å². The third-order valence-corrected chi connectivity index (χ3v) is 22.0. The Bertz CT molecular complexity index is 6100. The molecule has 3 aliphatic heterocycles. The second kappa shape index (κ2) is 31.1. The molecule has 0 spiro atoms. The number of para-hydroxylation sites is 2. The normalized spacial score (nSPS) is 16.6. The van der Waals surface area contributed by atoms with E-state index in [1.165, 1.54) is 22.7 Å². The summed E-state index contributed by atoms with van der Waals surface area (Å²) < 4.78 is 52.6. The highest BCUT2D eigenvalue weighted by Crippen LogP contribution is 2.39. The maximum atomic E-state index is 14.5. The summed E-state index contributed by atoms with van der Waals surface area (Å²) in [4.78, 5) is 7.14. The van der Waals surface area contributed by atoms with Crippen molar-refractivity contribution < 1.29 is 26.8 Å². The number of aryl methyl sites for hydroxylation is 4. The van der Waals surface area contributed by atoms with Crippen molar-refractivity contribution in [2.45, 2.75) is 116 Å². The molecule has 0 radical (unpaired) electrons. The lowest BCUT2D eigenvalue weighted by Gasteiger charge is -2.31. The summed E-state index contributed by atoms with van der Waals surface area (Å²) in [7, 11) is 3.72. The summed E-state index contributed by atoms with van der Waals surface area (Å²) in [6, 6.07) is 44.2. The van der Waals surface area contributed by atoms with Crippen LogP contribution in [-0.4, -0.2) is 156 Å². The highest BCUT2D eigenvalue weighted by molar-refractivity contribution is 5.97. The fourth-order valence-corrected chi connectivity index (χ4v) is 16.0. The molecule has 0 unspecified atom stereocenters. The van der Waals surface area contributed by atoms with Crippen molar-refractivity contribution in [3.63, 3.8) is 0 Å². The van der Waals surface area contributed by atoms with Gasteiger partial charge in [0.25, 0.3) is 0 Å². The number of ether oxygens (including phenoxy) is 1. The first-order chi connectivity index (χ1) is 55.0. The van der Waals surface area contributed by atoms with Gasteiger partial charge in [-0.05, 0) is 175 Å². The van der Waals surface area contributed by atoms with E-state index in [0.29, 0.717) is 53.9 Å². The third kappa shape index (κ3) is 14.6. The molecule has 112 heavy (non-hydrogen) atoms. The number of furan rings is 1. The van der Waals surface area contributed by atoms with Crippen LogP contribution in [0, 0.1) is 5.82 Å². The SMILES string of the molecule is CCn1cc(-c2n[nH]c3ccc(-c4nnc([C@@H]5CCCN(Cc6c(F)cccc6OC)C5)o4)cc23)cn1.CCn1cc(-c2n[nH]c3ccc(-c4nnc([C@@H]5CCCN(Cc6cc7ccccc7n6C)C5)o4)cc23)cn1.CCn1cc(-c2n[nH]c3ccc(-c4nnc([C@@H]5CCCN(Cc6cc7ccccc7o6)C5)o4)cc23)cn1. The molecule has 3 atom stereocenters. The van der Waals surface area contributed by atoms with Crippen LogP contribution in [0.1, 0.15) is 112 Å². The van der Waals surface area contributed by atoms with E-state index >= 15 is 0 Å². The fourth-order valence-electron chi connectivity index (χ4n) is 16.0. The van der Waals surface area contributed by atoms with E-state index in [4.69, 9.17) is 22.4 Å². The third-order valence-electron chi connectivity index (χ3n) is 22.0. The van der Waals surface area contributed by atoms with Gasteiger partial charge < -0.3 is 27.0 Å². The molecular weight excluding hydrogens is 1420 g/mol. The number of hydrogen-bond donors (Lipinski definition) is 3. The van der Waals surface area contributed by atoms with Crippen molar-refractivity contribution >= 4 is 54.6 Å². The van der Waals surface area contributed by atoms with Crippen molar-refractivity contribution in [3.05, 3.63) is 211 Å². The van der Waals surface area contributed by atoms with Gasteiger partial charge in [-0.15, -0.1) is 30.6 Å². The van der Waals surface area contributed by atoms with Crippen molar-refractivity contribution in [2.24, 2.45) is 7.05 Å². The second-order valence-corrected chi connectivity index (χ2v) is 29.2. The molecule has 6 aromatic carbocycles. The first-order valence-electron chi connectivity index (χ1n) is 38.6. The highest BCUT2D eigenvalue weighted by atomic mass is 19.1. The van der Waals surface area contributed by atoms with Crippen LogP contribution in [0.25, 0.3) is 123 Å². The Morgan fingerprint density at radius 1 is 0.455 bits per heavy atom. The van der Waals surface area contributed by atoms with Crippen LogP contribution in [0.4, 0.5) is 4.39 Å². The minimum Gasteiger partial charge on any atom is -0.496 e. The standard InChI is InChI=1S/C29H30N8O.C28H27N7O2.C27H28FN7O2/c1-3-37-17-22(15-30-37)27-24-14-20(10-11-25(24)31-32-27)28-33-34-29(38-28)21-8-6-12-36(16-21)18-23-13-19-7-4-5-9-26(19)35(23)2;1-2-35-16-21(14-29-35)26-23-13-19(9-10-24(23)30-31-26)27-32-33-28(37-27)20-7-5-11-34(15-20)17-22-12-18-6-3-4-8-25(18)36-22;1-3-35-15-19(13-29-35)25-20-12-17(9-10-23(20)30-31-25)26-32-33-27(37-26)18-6-5-11-34(14-18)16-21-22(28)7-4-8-24(21)36-2/h4-5,7,9-11,13-15,17,21H,3,6,8,12,16,18H2,1-2H3,(H,31,32);3-4,6,8-10,12-14,16,20H,2,5,7,11,15,17H2,1H3,(H,30,31);4,7-10,12-13,15,18H,3,5-6,11,14,16H2,1-2H3,(H,30,31)/t21-;20-;18-/m111/s1. The Labute approximate surface area is 642 Å². The molecule has 0 amide bonds. The number of hydrogen-bond acceptors (Lipinski definition) is 20. The molecule has 17 aromatic rings. The van der Waals surface area contributed by atoms with Crippen molar-refractivity contribution in [1.29, 1.82) is 0 Å². The van der Waals surface area contributed by atoms with E-state index in [9.17, 15) is 4.39 Å². The molecule has 0 saturated carbocycles. The zero-order valence-corrected chi connectivity index (χ0v) is 63.0. The number of likely N-dealkylation sites (tertiary alicyclic amines) is 3. The lowest BCUT2D eigenvalue weighted by Crippen LogP contribution is -2.34. The van der Waals surface area contributed by atoms with Gasteiger partial charge in [-0.25, -0.2) is 4.39 Å². The molecule has 3 N–H and O–H groups in total. The molecule has 20 rings (SSSR count). The predicted octanol–water partition coefficient (Wildman–Crippen LogP) is 16.0. The summed E-state index contributed by atoms with van der Waals surface area (Å²) in [5.74, 6) is 5.39. The molecule has 14 heterocycles. The number of fused-ring (bicyclic) bond motifs is 5. The first kappa shape index (κ1) is 71.1. The summed E-state index contributed by atoms with van der Waals surface area (Å²) in [5.41, 5.74) is 15.0. The number of H-pyrrole nitrogens is 3. The van der Waals surface area contributed by atoms with Crippen LogP contribution >= 0.6 is 0 Å². The van der Waals surface area contributed by atoms with E-state index in [-0.39, 0.29) is 23.6 Å². The zero-order valence-electron chi connectivity index (χ0n) is 63.0. The number of rotatable bonds is 19. The molecule has 3 fully saturated rings. The van der Waals surface area contributed by atoms with Crippen molar-refractivity contribution in [3.8, 4) is 73.9 Å². The van der Waals surface area contributed by atoms with Gasteiger partial charge in [0, 0.05) is 150 Å². The molecule has 0 aliphatic carbocycles. The number of methoxy groups -OCH3 is 1. The van der Waals surface area contributed by atoms with Gasteiger partial charge in [0.05, 0.1) is 66.5 Å². The number of nitrogens with one attached hydrogen (secondary N) is 3. The quantitative estimate of drug-likeness (QED) is 0.0678. The zero-order chi connectivity index (χ0) is 75.8. The smallest absolute Gasteiger partial charge is 0.247 e. The molecule has 568 valence electrons. The number of nitrogens with zero attached hydrogens (tertiary/aromatic N) is 19. The number of aromatic nitrogens is 19. The Hall–Kier alpha value is -12.5. The summed E-state index contributed by atoms with van der Waals surface area (Å²) in [6.45, 7) is 16.3. The Kier molecular flexibility index (Phi) is 19.7. The molecule has 0 bridgehead atoms. The van der Waals surface area contributed by atoms with Crippen molar-refractivity contribution in [2.75, 3.05) is 46.4 Å². The van der Waals surface area contributed by atoms with Crippen molar-refractivity contribution in [1.82, 2.24) is 110 Å². The predicted molar refractivity (Wildman–Crippen MR) is 423 cm³/mol. The second-order valence-electron chi connectivity index (χ2n) is 29.2. The lowest BCUT2D eigenvalue weighted by atomic mass is 9.97. The van der Waals surface area contributed by atoms with Crippen LogP contribution in [0.3, 0.4) is 0 Å². The number of aromatic amines is 3. The van der Waals surface area contributed by atoms with E-state index in [0.717, 1.165) is 210 Å². The topological polar surface area (TPSA) is 293 Å². The average Bonchev–Trinajstić information content (AvgIpc) is 1.72. The van der Waals surface area contributed by atoms with E-state index < -0.39 is 0 Å². The Morgan fingerprint density at radius 3 is 1.35 bits per heavy atom. The lowest BCUT2D eigenvalue weighted by molar-refractivity contribution is 0.176. The minimum absolute atomic E-state index is 0.0841. The van der Waals surface area contributed by atoms with E-state index in [2.05, 4.69) is 171 Å². The molecule has 27 nitrogen and oxygen atoms in total. The Morgan fingerprint density at radius 2 is 0.902 bits per heavy atom. The summed E-state index contributed by atoms with van der Waals surface area (Å²) in [5, 5.41) is 68.0. The first-order valence-corrected chi connectivity index (χ1v) is 38.6. The van der Waals surface area contributed by atoms with Crippen LogP contribution in [-0.2, 0) is 46.3 Å². The van der Waals surface area contributed by atoms with E-state index in [1.54, 1.807) is 19.2 Å². The monoisotopic (exact) mass is 1500 g/mol. The molecule has 28 heteroatoms. The van der Waals surface area contributed by atoms with Gasteiger partial charge in [0.15, 0.2) is 0 Å². The summed E-state index contributed by atoms with van der Waals surface area (Å²) in [6.07, 6.45) is 17.7. The van der Waals surface area contributed by atoms with Gasteiger partial charge in [-0.2, -0.15) is 30.6 Å². The van der Waals surface area contributed by atoms with Crippen LogP contribution in [0.15, 0.2) is 188 Å². The number of benzene rings is 6. The highest BCUT2D eigenvalue weighted by Gasteiger charge is 2.32. The van der Waals surface area contributed by atoms with Gasteiger partial charge in [0.2, 0.25) is 35.3 Å². The van der Waals surface area contributed by atoms with Crippen LogP contribution < -0.4 is 4.74 Å². The number of piperidine rings is 3. The molecular formula is C84H85FN22O5. The van der Waals surface area contributed by atoms with Gasteiger partial charge in [-0.3, -0.25) is 44.0 Å². The summed E-state index contributed by atoms with van der Waals surface area (Å²) >= 11 is 0. The Balaban J connectivity index is 0.000000117. The van der Waals surface area contributed by atoms with Crippen LogP contribution in [0.2, 0.25) is 0 Å². The van der Waals surface area contributed by atoms with E-state index in [1.807, 2.05) is 119 Å². The molecule has 3 aliphatic rings. The fraction of sp³-hybridized carbons (Fsp3) is 0.310. The minimum atomic E-state index is -0.252. The maximum Gasteiger partial charge on any atom is 0.247 e. The van der Waals surface area contributed by atoms with Gasteiger partial charge in [0.1, 0.15) is 40.0 Å². The average molecular weight is 1500 g/mol. The molecule has 3 saturated heterocycles. The van der Waals surface area contributed by atoms with Gasteiger partial charge in [-0.1, -0.05) is 42.5 Å². The van der Waals surface area contributed by atoms with Crippen LogP contribution in [0.5, 0.6) is 5.75 Å². The largest absolute Gasteiger partial charge is 0.496 e. The maximum absolute atomic E-state index is 14.5. The number of halogens is 1.